The third-order valence-corrected chi connectivity index (χ3v) is 4.51. The van der Waals surface area contributed by atoms with Crippen molar-refractivity contribution in [2.45, 2.75) is 25.8 Å². The number of hydrogen-bond acceptors (Lipinski definition) is 3. The van der Waals surface area contributed by atoms with Gasteiger partial charge < -0.3 is 4.90 Å². The van der Waals surface area contributed by atoms with E-state index in [1.807, 2.05) is 36.7 Å². The van der Waals surface area contributed by atoms with Crippen LogP contribution in [-0.4, -0.2) is 33.7 Å². The molecule has 3 rings (SSSR count). The molecule has 2 aromatic heterocycles. The molecule has 1 aliphatic rings. The highest BCUT2D eigenvalue weighted by Gasteiger charge is 2.31. The number of hydrogen-bond donors (Lipinski definition) is 0. The largest absolute Gasteiger partial charge is 0.338 e. The molecule has 1 aliphatic carbocycles. The quantitative estimate of drug-likeness (QED) is 0.818. The van der Waals surface area contributed by atoms with Gasteiger partial charge in [0.2, 0.25) is 0 Å². The van der Waals surface area contributed by atoms with E-state index >= 15 is 0 Å². The van der Waals surface area contributed by atoms with Crippen molar-refractivity contribution in [1.29, 1.82) is 0 Å². The first-order chi connectivity index (χ1) is 8.08. The third kappa shape index (κ3) is 1.65. The lowest BCUT2D eigenvalue weighted by Crippen LogP contribution is -2.27. The number of aromatic nitrogens is 2. The molecule has 2 heterocycles. The minimum Gasteiger partial charge on any atom is -0.338 e. The summed E-state index contributed by atoms with van der Waals surface area (Å²) in [4.78, 5) is 16.0. The second kappa shape index (κ2) is 3.57. The number of amides is 1. The first-order valence-corrected chi connectivity index (χ1v) is 6.60. The maximum Gasteiger partial charge on any atom is 0.264 e. The highest BCUT2D eigenvalue weighted by molar-refractivity contribution is 7.20. The molecule has 5 heteroatoms. The van der Waals surface area contributed by atoms with Crippen LogP contribution in [0, 0.1) is 6.92 Å². The zero-order valence-corrected chi connectivity index (χ0v) is 11.0. The van der Waals surface area contributed by atoms with E-state index in [1.54, 1.807) is 0 Å². The number of rotatable bonds is 2. The van der Waals surface area contributed by atoms with Gasteiger partial charge in [0.05, 0.1) is 10.6 Å². The van der Waals surface area contributed by atoms with Crippen molar-refractivity contribution in [3.8, 4) is 0 Å². The van der Waals surface area contributed by atoms with Crippen LogP contribution in [0.15, 0.2) is 6.07 Å². The molecule has 0 N–H and O–H groups in total. The number of fused-ring (bicyclic) bond motifs is 1. The first-order valence-electron chi connectivity index (χ1n) is 5.78. The van der Waals surface area contributed by atoms with Gasteiger partial charge >= 0.3 is 0 Å². The summed E-state index contributed by atoms with van der Waals surface area (Å²) in [5.41, 5.74) is 0.992. The van der Waals surface area contributed by atoms with E-state index in [0.717, 1.165) is 33.6 Å². The van der Waals surface area contributed by atoms with Gasteiger partial charge in [-0.15, -0.1) is 11.3 Å². The molecule has 1 amide bonds. The van der Waals surface area contributed by atoms with Gasteiger partial charge in [0, 0.05) is 25.5 Å². The summed E-state index contributed by atoms with van der Waals surface area (Å²) in [5, 5.41) is 5.45. The summed E-state index contributed by atoms with van der Waals surface area (Å²) >= 11 is 1.54. The molecule has 0 aromatic carbocycles. The SMILES string of the molecule is Cc1nn(C)c2sc(C(=O)N(C)C3CC3)cc12. The Hall–Kier alpha value is -1.36. The normalized spacial score (nSPS) is 15.5. The van der Waals surface area contributed by atoms with E-state index in [1.165, 1.54) is 11.3 Å². The molecule has 2 aromatic rings. The van der Waals surface area contributed by atoms with Gasteiger partial charge in [-0.25, -0.2) is 0 Å². The van der Waals surface area contributed by atoms with E-state index in [4.69, 9.17) is 0 Å². The fourth-order valence-electron chi connectivity index (χ4n) is 2.11. The van der Waals surface area contributed by atoms with Crippen LogP contribution in [-0.2, 0) is 7.05 Å². The number of aryl methyl sites for hydroxylation is 2. The van der Waals surface area contributed by atoms with Crippen LogP contribution >= 0.6 is 11.3 Å². The van der Waals surface area contributed by atoms with E-state index in [2.05, 4.69) is 5.10 Å². The Bertz CT molecular complexity index is 560. The molecule has 4 nitrogen and oxygen atoms in total. The van der Waals surface area contributed by atoms with Gasteiger partial charge in [0.25, 0.3) is 5.91 Å². The lowest BCUT2D eigenvalue weighted by atomic mass is 10.3. The van der Waals surface area contributed by atoms with Crippen LogP contribution in [0.5, 0.6) is 0 Å². The minimum absolute atomic E-state index is 0.146. The highest BCUT2D eigenvalue weighted by Crippen LogP contribution is 2.31. The highest BCUT2D eigenvalue weighted by atomic mass is 32.1. The molecule has 0 aliphatic heterocycles. The Morgan fingerprint density at radius 3 is 2.88 bits per heavy atom. The molecule has 0 radical (unpaired) electrons. The average molecular weight is 249 g/mol. The van der Waals surface area contributed by atoms with Crippen molar-refractivity contribution in [3.05, 3.63) is 16.6 Å². The number of nitrogens with zero attached hydrogens (tertiary/aromatic N) is 3. The summed E-state index contributed by atoms with van der Waals surface area (Å²) < 4.78 is 1.85. The molecule has 1 saturated carbocycles. The standard InChI is InChI=1S/C12H15N3OS/c1-7-9-6-10(17-12(9)15(3)13-7)11(16)14(2)8-4-5-8/h6,8H,4-5H2,1-3H3. The van der Waals surface area contributed by atoms with E-state index in [-0.39, 0.29) is 5.91 Å². The molecule has 90 valence electrons. The monoisotopic (exact) mass is 249 g/mol. The molecule has 0 saturated heterocycles. The van der Waals surface area contributed by atoms with Gasteiger partial charge in [0.15, 0.2) is 0 Å². The molecular formula is C12H15N3OS. The number of carbonyl (C=O) groups is 1. The Balaban J connectivity index is 2.00. The molecule has 0 atom stereocenters. The Kier molecular flexibility index (Phi) is 2.26. The number of carbonyl (C=O) groups excluding carboxylic acids is 1. The second-order valence-electron chi connectivity index (χ2n) is 4.69. The lowest BCUT2D eigenvalue weighted by Gasteiger charge is -2.14. The first kappa shape index (κ1) is 10.8. The summed E-state index contributed by atoms with van der Waals surface area (Å²) in [5.74, 6) is 0.146. The molecule has 0 unspecified atom stereocenters. The van der Waals surface area contributed by atoms with Crippen LogP contribution in [0.3, 0.4) is 0 Å². The van der Waals surface area contributed by atoms with Gasteiger partial charge in [-0.1, -0.05) is 0 Å². The summed E-state index contributed by atoms with van der Waals surface area (Å²) in [6.45, 7) is 1.98. The zero-order chi connectivity index (χ0) is 12.2. The van der Waals surface area contributed by atoms with E-state index < -0.39 is 0 Å². The van der Waals surface area contributed by atoms with Crippen molar-refractivity contribution < 1.29 is 4.79 Å². The maximum atomic E-state index is 12.2. The van der Waals surface area contributed by atoms with E-state index in [9.17, 15) is 4.79 Å². The molecular weight excluding hydrogens is 234 g/mol. The molecule has 0 spiro atoms. The van der Waals surface area contributed by atoms with Gasteiger partial charge in [-0.05, 0) is 25.8 Å². The number of thiophene rings is 1. The second-order valence-corrected chi connectivity index (χ2v) is 5.72. The molecule has 0 bridgehead atoms. The van der Waals surface area contributed by atoms with Crippen LogP contribution in [0.4, 0.5) is 0 Å². The van der Waals surface area contributed by atoms with Crippen LogP contribution in [0.2, 0.25) is 0 Å². The summed E-state index contributed by atoms with van der Waals surface area (Å²) in [6.07, 6.45) is 2.29. The predicted molar refractivity (Wildman–Crippen MR) is 68.4 cm³/mol. The van der Waals surface area contributed by atoms with Crippen molar-refractivity contribution in [2.24, 2.45) is 7.05 Å². The predicted octanol–water partition coefficient (Wildman–Crippen LogP) is 2.18. The Morgan fingerprint density at radius 1 is 1.59 bits per heavy atom. The smallest absolute Gasteiger partial charge is 0.264 e. The van der Waals surface area contributed by atoms with Gasteiger partial charge in [-0.3, -0.25) is 9.48 Å². The molecule has 17 heavy (non-hydrogen) atoms. The van der Waals surface area contributed by atoms with Crippen molar-refractivity contribution in [3.63, 3.8) is 0 Å². The lowest BCUT2D eigenvalue weighted by molar-refractivity contribution is 0.0790. The Labute approximate surface area is 104 Å². The Morgan fingerprint density at radius 2 is 2.29 bits per heavy atom. The average Bonchev–Trinajstić information content (AvgIpc) is 2.98. The van der Waals surface area contributed by atoms with Crippen LogP contribution in [0.1, 0.15) is 28.2 Å². The van der Waals surface area contributed by atoms with Crippen LogP contribution in [0.25, 0.3) is 10.2 Å². The van der Waals surface area contributed by atoms with Crippen molar-refractivity contribution >= 4 is 27.5 Å². The fraction of sp³-hybridized carbons (Fsp3) is 0.500. The fourth-order valence-corrected chi connectivity index (χ4v) is 3.22. The van der Waals surface area contributed by atoms with Crippen molar-refractivity contribution in [1.82, 2.24) is 14.7 Å². The van der Waals surface area contributed by atoms with Gasteiger partial charge in [-0.2, -0.15) is 5.10 Å². The summed E-state index contributed by atoms with van der Waals surface area (Å²) in [6, 6.07) is 2.44. The van der Waals surface area contributed by atoms with E-state index in [0.29, 0.717) is 6.04 Å². The third-order valence-electron chi connectivity index (χ3n) is 3.32. The molecule has 1 fully saturated rings. The van der Waals surface area contributed by atoms with Gasteiger partial charge in [0.1, 0.15) is 4.83 Å². The topological polar surface area (TPSA) is 38.1 Å². The zero-order valence-electron chi connectivity index (χ0n) is 10.2. The maximum absolute atomic E-state index is 12.2. The summed E-state index contributed by atoms with van der Waals surface area (Å²) in [7, 11) is 3.82. The van der Waals surface area contributed by atoms with Crippen LogP contribution < -0.4 is 0 Å². The minimum atomic E-state index is 0.146. The van der Waals surface area contributed by atoms with Crippen molar-refractivity contribution in [2.75, 3.05) is 7.05 Å².